The summed E-state index contributed by atoms with van der Waals surface area (Å²) in [4.78, 5) is 17.5. The molecule has 1 amide bonds. The van der Waals surface area contributed by atoms with Crippen molar-refractivity contribution in [2.75, 3.05) is 7.05 Å². The lowest BCUT2D eigenvalue weighted by Crippen LogP contribution is -2.29. The van der Waals surface area contributed by atoms with Crippen LogP contribution >= 0.6 is 0 Å². The Bertz CT molecular complexity index is 625. The Balaban J connectivity index is 2.03. The molecular formula is C15H17F2N3O. The summed E-state index contributed by atoms with van der Waals surface area (Å²) in [6.07, 6.45) is 2.76. The number of benzene rings is 1. The van der Waals surface area contributed by atoms with Crippen molar-refractivity contribution in [3.05, 3.63) is 53.6 Å². The lowest BCUT2D eigenvalue weighted by atomic mass is 10.1. The van der Waals surface area contributed by atoms with Crippen LogP contribution in [0.2, 0.25) is 0 Å². The third-order valence-corrected chi connectivity index (χ3v) is 3.37. The topological polar surface area (TPSA) is 38.1 Å². The molecule has 0 saturated carbocycles. The molecule has 0 bridgehead atoms. The zero-order valence-corrected chi connectivity index (χ0v) is 12.0. The predicted molar refractivity (Wildman–Crippen MR) is 74.8 cm³/mol. The maximum Gasteiger partial charge on any atom is 0.319 e. The fourth-order valence-corrected chi connectivity index (χ4v) is 2.05. The van der Waals surface area contributed by atoms with Crippen LogP contribution < -0.4 is 0 Å². The van der Waals surface area contributed by atoms with E-state index in [1.807, 2.05) is 31.2 Å². The number of aromatic nitrogens is 2. The Morgan fingerprint density at radius 2 is 2.10 bits per heavy atom. The van der Waals surface area contributed by atoms with Gasteiger partial charge in [0.15, 0.2) is 0 Å². The Hall–Kier alpha value is -2.24. The number of halogens is 2. The highest BCUT2D eigenvalue weighted by Crippen LogP contribution is 2.14. The van der Waals surface area contributed by atoms with Crippen molar-refractivity contribution >= 4 is 5.91 Å². The molecule has 0 atom stereocenters. The summed E-state index contributed by atoms with van der Waals surface area (Å²) >= 11 is 0. The highest BCUT2D eigenvalue weighted by Gasteiger charge is 2.16. The van der Waals surface area contributed by atoms with Gasteiger partial charge in [-0.3, -0.25) is 9.36 Å². The van der Waals surface area contributed by atoms with Gasteiger partial charge in [0.05, 0.1) is 13.0 Å². The van der Waals surface area contributed by atoms with Gasteiger partial charge in [-0.2, -0.15) is 8.78 Å². The molecule has 0 aliphatic carbocycles. The number of aryl methyl sites for hydroxylation is 1. The zero-order valence-electron chi connectivity index (χ0n) is 12.0. The number of alkyl halides is 2. The van der Waals surface area contributed by atoms with Gasteiger partial charge < -0.3 is 4.90 Å². The summed E-state index contributed by atoms with van der Waals surface area (Å²) in [5.74, 6) is 0.0405. The molecule has 21 heavy (non-hydrogen) atoms. The highest BCUT2D eigenvalue weighted by atomic mass is 19.3. The van der Waals surface area contributed by atoms with E-state index in [1.54, 1.807) is 7.05 Å². The molecule has 112 valence electrons. The molecule has 0 fully saturated rings. The van der Waals surface area contributed by atoms with E-state index >= 15 is 0 Å². The number of likely N-dealkylation sites (N-methyl/N-ethyl adjacent to an activating group) is 1. The monoisotopic (exact) mass is 293 g/mol. The normalized spacial score (nSPS) is 10.9. The first-order valence-electron chi connectivity index (χ1n) is 6.57. The molecule has 4 nitrogen and oxygen atoms in total. The fourth-order valence-electron chi connectivity index (χ4n) is 2.05. The molecule has 0 radical (unpaired) electrons. The van der Waals surface area contributed by atoms with E-state index in [4.69, 9.17) is 0 Å². The van der Waals surface area contributed by atoms with Gasteiger partial charge in [0.1, 0.15) is 5.82 Å². The van der Waals surface area contributed by atoms with Crippen molar-refractivity contribution in [3.63, 3.8) is 0 Å². The summed E-state index contributed by atoms with van der Waals surface area (Å²) in [7, 11) is 1.59. The van der Waals surface area contributed by atoms with Crippen molar-refractivity contribution in [3.8, 4) is 0 Å². The van der Waals surface area contributed by atoms with Gasteiger partial charge in [-0.15, -0.1) is 0 Å². The van der Waals surface area contributed by atoms with Crippen LogP contribution in [0.5, 0.6) is 0 Å². The molecule has 1 heterocycles. The second-order valence-corrected chi connectivity index (χ2v) is 4.88. The minimum atomic E-state index is -2.65. The number of rotatable bonds is 5. The van der Waals surface area contributed by atoms with Crippen molar-refractivity contribution in [1.82, 2.24) is 14.5 Å². The van der Waals surface area contributed by atoms with Crippen LogP contribution in [0, 0.1) is 6.92 Å². The molecular weight excluding hydrogens is 276 g/mol. The van der Waals surface area contributed by atoms with E-state index in [-0.39, 0.29) is 24.7 Å². The lowest BCUT2D eigenvalue weighted by molar-refractivity contribution is -0.129. The number of nitrogens with zero attached hydrogens (tertiary/aromatic N) is 3. The summed E-state index contributed by atoms with van der Waals surface area (Å²) in [5.41, 5.74) is 1.97. The van der Waals surface area contributed by atoms with Gasteiger partial charge in [0.25, 0.3) is 0 Å². The molecule has 6 heteroatoms. The van der Waals surface area contributed by atoms with Crippen LogP contribution in [0.25, 0.3) is 0 Å². The van der Waals surface area contributed by atoms with Gasteiger partial charge in [-0.25, -0.2) is 4.98 Å². The van der Waals surface area contributed by atoms with Crippen molar-refractivity contribution in [2.24, 2.45) is 0 Å². The number of hydrogen-bond acceptors (Lipinski definition) is 2. The Morgan fingerprint density at radius 1 is 1.38 bits per heavy atom. The first-order valence-corrected chi connectivity index (χ1v) is 6.57. The molecule has 0 spiro atoms. The van der Waals surface area contributed by atoms with Crippen LogP contribution in [0.15, 0.2) is 36.7 Å². The molecule has 0 aliphatic heterocycles. The average molecular weight is 293 g/mol. The highest BCUT2D eigenvalue weighted by molar-refractivity contribution is 5.78. The van der Waals surface area contributed by atoms with E-state index in [2.05, 4.69) is 4.98 Å². The molecule has 1 aromatic heterocycles. The van der Waals surface area contributed by atoms with Crippen LogP contribution in [0.1, 0.15) is 23.5 Å². The summed E-state index contributed by atoms with van der Waals surface area (Å²) in [6, 6.07) is 7.61. The first kappa shape index (κ1) is 15.2. The van der Waals surface area contributed by atoms with Crippen molar-refractivity contribution in [2.45, 2.75) is 26.4 Å². The summed E-state index contributed by atoms with van der Waals surface area (Å²) in [6.45, 7) is -0.656. The minimum Gasteiger partial charge on any atom is -0.338 e. The van der Waals surface area contributed by atoms with Crippen LogP contribution in [0.4, 0.5) is 8.78 Å². The number of carbonyl (C=O) groups excluding carboxylic acids is 1. The van der Waals surface area contributed by atoms with Crippen molar-refractivity contribution < 1.29 is 13.6 Å². The van der Waals surface area contributed by atoms with Gasteiger partial charge >= 0.3 is 6.55 Å². The van der Waals surface area contributed by atoms with E-state index in [0.29, 0.717) is 0 Å². The number of carbonyl (C=O) groups is 1. The third kappa shape index (κ3) is 3.65. The molecule has 0 saturated heterocycles. The van der Waals surface area contributed by atoms with Crippen LogP contribution in [0.3, 0.4) is 0 Å². The van der Waals surface area contributed by atoms with E-state index < -0.39 is 6.55 Å². The second-order valence-electron chi connectivity index (χ2n) is 4.88. The van der Waals surface area contributed by atoms with Gasteiger partial charge in [0, 0.05) is 19.4 Å². The molecule has 2 aromatic rings. The third-order valence-electron chi connectivity index (χ3n) is 3.37. The van der Waals surface area contributed by atoms with E-state index in [0.717, 1.165) is 15.7 Å². The number of hydrogen-bond donors (Lipinski definition) is 0. The molecule has 0 aliphatic rings. The van der Waals surface area contributed by atoms with E-state index in [1.165, 1.54) is 17.3 Å². The van der Waals surface area contributed by atoms with Crippen molar-refractivity contribution in [1.29, 1.82) is 0 Å². The predicted octanol–water partition coefficient (Wildman–Crippen LogP) is 2.79. The fraction of sp³-hybridized carbons (Fsp3) is 0.333. The lowest BCUT2D eigenvalue weighted by Gasteiger charge is -2.18. The van der Waals surface area contributed by atoms with Gasteiger partial charge in [0.2, 0.25) is 5.91 Å². The largest absolute Gasteiger partial charge is 0.338 e. The Morgan fingerprint density at radius 3 is 2.76 bits per heavy atom. The second kappa shape index (κ2) is 6.47. The minimum absolute atomic E-state index is 0.0576. The molecule has 0 unspecified atom stereocenters. The van der Waals surface area contributed by atoms with Crippen LogP contribution in [-0.2, 0) is 17.8 Å². The Kier molecular flexibility index (Phi) is 4.67. The number of imidazole rings is 1. The average Bonchev–Trinajstić information content (AvgIpc) is 2.89. The standard InChI is InChI=1S/C15H17F2N3O/c1-11-5-3-4-6-12(11)9-14(21)19(2)10-13-18-7-8-20(13)15(16)17/h3-8,15H,9-10H2,1-2H3. The zero-order chi connectivity index (χ0) is 15.4. The summed E-state index contributed by atoms with van der Waals surface area (Å²) < 4.78 is 26.2. The molecule has 0 N–H and O–H groups in total. The SMILES string of the molecule is Cc1ccccc1CC(=O)N(C)Cc1nccn1C(F)F. The smallest absolute Gasteiger partial charge is 0.319 e. The maximum atomic E-state index is 12.7. The van der Waals surface area contributed by atoms with E-state index in [9.17, 15) is 13.6 Å². The summed E-state index contributed by atoms with van der Waals surface area (Å²) in [5, 5.41) is 0. The Labute approximate surface area is 122 Å². The molecule has 2 rings (SSSR count). The van der Waals surface area contributed by atoms with Gasteiger partial charge in [-0.1, -0.05) is 24.3 Å². The van der Waals surface area contributed by atoms with Crippen LogP contribution in [-0.4, -0.2) is 27.4 Å². The first-order chi connectivity index (χ1) is 9.99. The maximum absolute atomic E-state index is 12.7. The quantitative estimate of drug-likeness (QED) is 0.850. The van der Waals surface area contributed by atoms with Gasteiger partial charge in [-0.05, 0) is 18.1 Å². The molecule has 1 aromatic carbocycles. The number of amides is 1.